The topological polar surface area (TPSA) is 15.6 Å². The largest absolute Gasteiger partial charge is 0.232 e. The molecule has 0 unspecified atom stereocenters. The molecule has 0 N–H and O–H groups in total. The molecule has 0 aliphatic rings. The lowest BCUT2D eigenvalue weighted by Gasteiger charge is -2.19. The number of nitrogens with zero attached hydrogens (tertiary/aromatic N) is 2. The lowest BCUT2D eigenvalue weighted by Crippen LogP contribution is -2.11. The molecule has 3 aromatic carbocycles. The van der Waals surface area contributed by atoms with E-state index in [1.807, 2.05) is 96.0 Å². The quantitative estimate of drug-likeness (QED) is 0.464. The predicted octanol–water partition coefficient (Wildman–Crippen LogP) is 5.43. The summed E-state index contributed by atoms with van der Waals surface area (Å²) in [6.07, 6.45) is 0. The zero-order valence-electron chi connectivity index (χ0n) is 11.9. The van der Waals surface area contributed by atoms with E-state index in [1.54, 1.807) is 0 Å². The first-order chi connectivity index (χ1) is 10.8. The molecule has 2 nitrogen and oxygen atoms in total. The van der Waals surface area contributed by atoms with E-state index >= 15 is 0 Å². The average Bonchev–Trinajstić information content (AvgIpc) is 2.62. The minimum Gasteiger partial charge on any atom is -0.232 e. The van der Waals surface area contributed by atoms with Gasteiger partial charge in [-0.1, -0.05) is 78.3 Å². The van der Waals surface area contributed by atoms with E-state index in [9.17, 15) is 0 Å². The molecule has 0 saturated heterocycles. The van der Waals surface area contributed by atoms with Crippen molar-refractivity contribution in [2.24, 2.45) is 5.10 Å². The van der Waals surface area contributed by atoms with E-state index in [4.69, 9.17) is 11.6 Å². The fourth-order valence-corrected chi connectivity index (χ4v) is 2.33. The molecule has 0 fully saturated rings. The van der Waals surface area contributed by atoms with Gasteiger partial charge in [0.25, 0.3) is 0 Å². The maximum Gasteiger partial charge on any atom is 0.157 e. The lowest BCUT2D eigenvalue weighted by atomic mass is 10.2. The van der Waals surface area contributed by atoms with Crippen molar-refractivity contribution in [3.05, 3.63) is 96.6 Å². The molecule has 0 aliphatic heterocycles. The third-order valence-electron chi connectivity index (χ3n) is 3.20. The number of anilines is 2. The lowest BCUT2D eigenvalue weighted by molar-refractivity contribution is 1.09. The van der Waals surface area contributed by atoms with Crippen LogP contribution in [-0.2, 0) is 0 Å². The first-order valence-corrected chi connectivity index (χ1v) is 7.42. The molecule has 0 aromatic heterocycles. The summed E-state index contributed by atoms with van der Waals surface area (Å²) >= 11 is 6.41. The highest BCUT2D eigenvalue weighted by Gasteiger charge is 2.09. The molecule has 0 spiro atoms. The van der Waals surface area contributed by atoms with Gasteiger partial charge in [0, 0.05) is 5.56 Å². The Morgan fingerprint density at radius 2 is 1.05 bits per heavy atom. The van der Waals surface area contributed by atoms with Crippen LogP contribution in [-0.4, -0.2) is 5.17 Å². The Bertz CT molecular complexity index is 701. The summed E-state index contributed by atoms with van der Waals surface area (Å²) in [6, 6.07) is 29.7. The summed E-state index contributed by atoms with van der Waals surface area (Å²) in [6.45, 7) is 0. The first-order valence-electron chi connectivity index (χ1n) is 7.04. The van der Waals surface area contributed by atoms with Crippen molar-refractivity contribution in [3.63, 3.8) is 0 Å². The van der Waals surface area contributed by atoms with Gasteiger partial charge in [0.1, 0.15) is 0 Å². The van der Waals surface area contributed by atoms with Crippen LogP contribution in [0.15, 0.2) is 96.1 Å². The van der Waals surface area contributed by atoms with Gasteiger partial charge in [0.15, 0.2) is 5.17 Å². The molecule has 3 aromatic rings. The molecule has 0 amide bonds. The van der Waals surface area contributed by atoms with E-state index in [-0.39, 0.29) is 0 Å². The van der Waals surface area contributed by atoms with Crippen LogP contribution in [0.1, 0.15) is 5.56 Å². The van der Waals surface area contributed by atoms with Crippen molar-refractivity contribution in [3.8, 4) is 0 Å². The first kappa shape index (κ1) is 14.4. The molecule has 0 heterocycles. The Kier molecular flexibility index (Phi) is 4.52. The smallest absolute Gasteiger partial charge is 0.157 e. The second-order valence-corrected chi connectivity index (χ2v) is 5.10. The maximum absolute atomic E-state index is 6.41. The summed E-state index contributed by atoms with van der Waals surface area (Å²) in [5.74, 6) is 0. The highest BCUT2D eigenvalue weighted by molar-refractivity contribution is 6.69. The fourth-order valence-electron chi connectivity index (χ4n) is 2.12. The Hall–Kier alpha value is -2.58. The molecular formula is C19H15ClN2. The van der Waals surface area contributed by atoms with Crippen LogP contribution >= 0.6 is 11.6 Å². The highest BCUT2D eigenvalue weighted by Crippen LogP contribution is 2.26. The summed E-state index contributed by atoms with van der Waals surface area (Å²) in [7, 11) is 0. The van der Waals surface area contributed by atoms with Gasteiger partial charge in [-0.15, -0.1) is 0 Å². The SMILES string of the molecule is Cl/C(=N\N(c1ccccc1)c1ccccc1)c1ccccc1. The summed E-state index contributed by atoms with van der Waals surface area (Å²) in [5.41, 5.74) is 2.81. The number of para-hydroxylation sites is 2. The van der Waals surface area contributed by atoms with Gasteiger partial charge in [0.2, 0.25) is 0 Å². The van der Waals surface area contributed by atoms with Gasteiger partial charge in [-0.2, -0.15) is 5.10 Å². The van der Waals surface area contributed by atoms with Crippen molar-refractivity contribution in [2.75, 3.05) is 5.01 Å². The predicted molar refractivity (Wildman–Crippen MR) is 93.9 cm³/mol. The van der Waals surface area contributed by atoms with E-state index < -0.39 is 0 Å². The van der Waals surface area contributed by atoms with Gasteiger partial charge < -0.3 is 0 Å². The van der Waals surface area contributed by atoms with Gasteiger partial charge >= 0.3 is 0 Å². The second-order valence-electron chi connectivity index (χ2n) is 4.74. The van der Waals surface area contributed by atoms with Crippen LogP contribution in [0.4, 0.5) is 11.4 Å². The minimum absolute atomic E-state index is 0.452. The normalized spacial score (nSPS) is 11.2. The monoisotopic (exact) mass is 306 g/mol. The van der Waals surface area contributed by atoms with Crippen molar-refractivity contribution in [2.45, 2.75) is 0 Å². The maximum atomic E-state index is 6.41. The molecule has 0 radical (unpaired) electrons. The Balaban J connectivity index is 2.03. The molecule has 108 valence electrons. The zero-order valence-corrected chi connectivity index (χ0v) is 12.7. The third-order valence-corrected chi connectivity index (χ3v) is 3.50. The highest BCUT2D eigenvalue weighted by atomic mass is 35.5. The summed E-state index contributed by atoms with van der Waals surface area (Å²) in [5, 5.41) is 6.90. The van der Waals surface area contributed by atoms with Gasteiger partial charge in [-0.25, -0.2) is 5.01 Å². The van der Waals surface area contributed by atoms with Gasteiger partial charge in [-0.3, -0.25) is 0 Å². The molecule has 22 heavy (non-hydrogen) atoms. The van der Waals surface area contributed by atoms with Crippen LogP contribution in [0.5, 0.6) is 0 Å². The second kappa shape index (κ2) is 6.92. The van der Waals surface area contributed by atoms with Crippen LogP contribution in [0.2, 0.25) is 0 Å². The van der Waals surface area contributed by atoms with Crippen LogP contribution in [0.3, 0.4) is 0 Å². The molecule has 0 aliphatic carbocycles. The van der Waals surface area contributed by atoms with Gasteiger partial charge in [0.05, 0.1) is 11.4 Å². The number of hydrazone groups is 1. The van der Waals surface area contributed by atoms with E-state index in [0.717, 1.165) is 16.9 Å². The number of benzene rings is 3. The minimum atomic E-state index is 0.452. The van der Waals surface area contributed by atoms with Crippen LogP contribution in [0.25, 0.3) is 0 Å². The Morgan fingerprint density at radius 1 is 0.636 bits per heavy atom. The standard InChI is InChI=1S/C19H15ClN2/c20-19(16-10-4-1-5-11-16)21-22(17-12-6-2-7-13-17)18-14-8-3-9-15-18/h1-15H/b21-19-. The van der Waals surface area contributed by atoms with Crippen molar-refractivity contribution >= 4 is 28.1 Å². The molecule has 3 heteroatoms. The number of rotatable bonds is 4. The molecule has 3 rings (SSSR count). The van der Waals surface area contributed by atoms with Crippen LogP contribution < -0.4 is 5.01 Å². The molecular weight excluding hydrogens is 292 g/mol. The molecule has 0 atom stereocenters. The van der Waals surface area contributed by atoms with Gasteiger partial charge in [-0.05, 0) is 24.3 Å². The Labute approximate surface area is 135 Å². The molecule has 0 saturated carbocycles. The summed E-state index contributed by atoms with van der Waals surface area (Å²) < 4.78 is 0. The van der Waals surface area contributed by atoms with E-state index in [1.165, 1.54) is 0 Å². The summed E-state index contributed by atoms with van der Waals surface area (Å²) in [4.78, 5) is 0. The number of hydrogen-bond acceptors (Lipinski definition) is 2. The average molecular weight is 307 g/mol. The van der Waals surface area contributed by atoms with E-state index in [2.05, 4.69) is 5.10 Å². The number of hydrogen-bond donors (Lipinski definition) is 0. The zero-order chi connectivity index (χ0) is 15.2. The van der Waals surface area contributed by atoms with Crippen LogP contribution in [0, 0.1) is 0 Å². The third kappa shape index (κ3) is 3.35. The van der Waals surface area contributed by atoms with Crippen molar-refractivity contribution < 1.29 is 0 Å². The fraction of sp³-hybridized carbons (Fsp3) is 0. The Morgan fingerprint density at radius 3 is 1.50 bits per heavy atom. The van der Waals surface area contributed by atoms with Crippen molar-refractivity contribution in [1.29, 1.82) is 0 Å². The molecule has 0 bridgehead atoms. The number of halogens is 1. The van der Waals surface area contributed by atoms with Crippen molar-refractivity contribution in [1.82, 2.24) is 0 Å². The van der Waals surface area contributed by atoms with E-state index in [0.29, 0.717) is 5.17 Å².